The van der Waals surface area contributed by atoms with Crippen molar-refractivity contribution < 1.29 is 4.74 Å². The molecule has 1 unspecified atom stereocenters. The Labute approximate surface area is 129 Å². The molecule has 2 aliphatic heterocycles. The first-order chi connectivity index (χ1) is 10.2. The minimum absolute atomic E-state index is 0.103. The summed E-state index contributed by atoms with van der Waals surface area (Å²) in [6, 6.07) is 7.43. The zero-order chi connectivity index (χ0) is 14.4. The first kappa shape index (κ1) is 13.7. The van der Waals surface area contributed by atoms with Crippen molar-refractivity contribution in [2.45, 2.75) is 57.1 Å². The van der Waals surface area contributed by atoms with Gasteiger partial charge in [0.1, 0.15) is 19.2 Å². The lowest BCUT2D eigenvalue weighted by molar-refractivity contribution is -0.00849. The SMILES string of the molecule is Bc1ccc2c(c1)CC1(CCN(C(C)C3CCC3)CC1)O2. The third-order valence-corrected chi connectivity index (χ3v) is 6.17. The van der Waals surface area contributed by atoms with Gasteiger partial charge < -0.3 is 9.64 Å². The van der Waals surface area contributed by atoms with Gasteiger partial charge in [-0.25, -0.2) is 0 Å². The van der Waals surface area contributed by atoms with Gasteiger partial charge in [0.15, 0.2) is 0 Å². The lowest BCUT2D eigenvalue weighted by Gasteiger charge is -2.45. The van der Waals surface area contributed by atoms with E-state index in [4.69, 9.17) is 4.74 Å². The first-order valence-corrected chi connectivity index (χ1v) is 8.68. The van der Waals surface area contributed by atoms with Gasteiger partial charge >= 0.3 is 0 Å². The standard InChI is InChI=1S/C18H26BNO/c1-13(14-3-2-4-14)20-9-7-18(8-10-20)12-15-11-16(19)5-6-17(15)21-18/h5-6,11,13-14H,2-4,7-10,12,19H2,1H3. The van der Waals surface area contributed by atoms with Crippen molar-refractivity contribution in [3.63, 3.8) is 0 Å². The van der Waals surface area contributed by atoms with Gasteiger partial charge in [0.05, 0.1) is 0 Å². The van der Waals surface area contributed by atoms with Gasteiger partial charge in [-0.2, -0.15) is 0 Å². The second-order valence-corrected chi connectivity index (χ2v) is 7.54. The normalized spacial score (nSPS) is 26.1. The molecule has 1 atom stereocenters. The van der Waals surface area contributed by atoms with Gasteiger partial charge in [0.2, 0.25) is 0 Å². The fourth-order valence-electron chi connectivity index (χ4n) is 4.40. The molecule has 21 heavy (non-hydrogen) atoms. The zero-order valence-corrected chi connectivity index (χ0v) is 13.4. The number of benzene rings is 1. The highest BCUT2D eigenvalue weighted by Gasteiger charge is 2.43. The number of fused-ring (bicyclic) bond motifs is 1. The van der Waals surface area contributed by atoms with E-state index < -0.39 is 0 Å². The van der Waals surface area contributed by atoms with E-state index in [0.717, 1.165) is 24.1 Å². The van der Waals surface area contributed by atoms with Gasteiger partial charge in [-0.1, -0.05) is 24.0 Å². The third-order valence-electron chi connectivity index (χ3n) is 6.17. The van der Waals surface area contributed by atoms with Crippen molar-refractivity contribution in [3.05, 3.63) is 23.8 Å². The fourth-order valence-corrected chi connectivity index (χ4v) is 4.40. The molecule has 0 N–H and O–H groups in total. The van der Waals surface area contributed by atoms with Crippen molar-refractivity contribution in [2.24, 2.45) is 5.92 Å². The first-order valence-electron chi connectivity index (χ1n) is 8.68. The molecular formula is C18H26BNO. The largest absolute Gasteiger partial charge is 0.487 e. The van der Waals surface area contributed by atoms with E-state index in [-0.39, 0.29) is 5.60 Å². The number of hydrogen-bond donors (Lipinski definition) is 0. The summed E-state index contributed by atoms with van der Waals surface area (Å²) in [6.07, 6.45) is 7.85. The minimum atomic E-state index is 0.103. The molecule has 0 aromatic heterocycles. The number of likely N-dealkylation sites (tertiary alicyclic amines) is 1. The van der Waals surface area contributed by atoms with E-state index in [1.807, 2.05) is 0 Å². The van der Waals surface area contributed by atoms with E-state index >= 15 is 0 Å². The summed E-state index contributed by atoms with van der Waals surface area (Å²) in [4.78, 5) is 2.71. The summed E-state index contributed by atoms with van der Waals surface area (Å²) in [6.45, 7) is 4.87. The molecule has 3 heteroatoms. The quantitative estimate of drug-likeness (QED) is 0.769. The van der Waals surface area contributed by atoms with Crippen LogP contribution in [0.25, 0.3) is 0 Å². The molecule has 1 aromatic rings. The van der Waals surface area contributed by atoms with Gasteiger partial charge in [-0.05, 0) is 37.3 Å². The van der Waals surface area contributed by atoms with Crippen molar-refractivity contribution >= 4 is 13.3 Å². The monoisotopic (exact) mass is 283 g/mol. The average Bonchev–Trinajstić information content (AvgIpc) is 2.74. The molecular weight excluding hydrogens is 257 g/mol. The van der Waals surface area contributed by atoms with Crippen LogP contribution >= 0.6 is 0 Å². The molecule has 0 amide bonds. The molecule has 4 rings (SSSR count). The summed E-state index contributed by atoms with van der Waals surface area (Å²) in [5, 5.41) is 0. The van der Waals surface area contributed by atoms with Crippen LogP contribution in [-0.2, 0) is 6.42 Å². The molecule has 0 radical (unpaired) electrons. The van der Waals surface area contributed by atoms with Crippen LogP contribution in [0, 0.1) is 5.92 Å². The number of ether oxygens (including phenoxy) is 1. The highest BCUT2D eigenvalue weighted by molar-refractivity contribution is 6.32. The summed E-state index contributed by atoms with van der Waals surface area (Å²) < 4.78 is 6.39. The Balaban J connectivity index is 1.41. The van der Waals surface area contributed by atoms with E-state index in [2.05, 4.69) is 37.9 Å². The molecule has 1 aromatic carbocycles. The third kappa shape index (κ3) is 2.40. The Morgan fingerprint density at radius 1 is 1.29 bits per heavy atom. The molecule has 1 saturated carbocycles. The lowest BCUT2D eigenvalue weighted by atomic mass is 9.78. The van der Waals surface area contributed by atoms with Crippen LogP contribution in [0.4, 0.5) is 0 Å². The van der Waals surface area contributed by atoms with Crippen LogP contribution < -0.4 is 10.2 Å². The predicted octanol–water partition coefficient (Wildman–Crippen LogP) is 1.90. The van der Waals surface area contributed by atoms with E-state index in [9.17, 15) is 0 Å². The molecule has 2 fully saturated rings. The van der Waals surface area contributed by atoms with Crippen molar-refractivity contribution in [2.75, 3.05) is 13.1 Å². The summed E-state index contributed by atoms with van der Waals surface area (Å²) >= 11 is 0. The smallest absolute Gasteiger partial charge is 0.139 e. The molecule has 0 bridgehead atoms. The molecule has 2 nitrogen and oxygen atoms in total. The maximum Gasteiger partial charge on any atom is 0.139 e. The topological polar surface area (TPSA) is 12.5 Å². The second kappa shape index (κ2) is 5.05. The van der Waals surface area contributed by atoms with Crippen molar-refractivity contribution in [1.29, 1.82) is 0 Å². The predicted molar refractivity (Wildman–Crippen MR) is 89.3 cm³/mol. The van der Waals surface area contributed by atoms with Crippen LogP contribution in [0.1, 0.15) is 44.6 Å². The Morgan fingerprint density at radius 3 is 2.71 bits per heavy atom. The molecule has 112 valence electrons. The fraction of sp³-hybridized carbons (Fsp3) is 0.667. The Hall–Kier alpha value is -0.955. The lowest BCUT2D eigenvalue weighted by Crippen LogP contribution is -2.52. The molecule has 1 aliphatic carbocycles. The summed E-state index contributed by atoms with van der Waals surface area (Å²) in [7, 11) is 2.17. The van der Waals surface area contributed by atoms with Gasteiger partial charge in [0.25, 0.3) is 0 Å². The molecule has 1 spiro atoms. The Bertz CT molecular complexity index is 532. The summed E-state index contributed by atoms with van der Waals surface area (Å²) in [5.74, 6) is 2.10. The van der Waals surface area contributed by atoms with E-state index in [0.29, 0.717) is 0 Å². The van der Waals surface area contributed by atoms with Crippen LogP contribution in [0.2, 0.25) is 0 Å². The number of piperidine rings is 1. The van der Waals surface area contributed by atoms with Crippen molar-refractivity contribution in [1.82, 2.24) is 4.90 Å². The van der Waals surface area contributed by atoms with Crippen molar-refractivity contribution in [3.8, 4) is 5.75 Å². The average molecular weight is 283 g/mol. The second-order valence-electron chi connectivity index (χ2n) is 7.54. The maximum atomic E-state index is 6.39. The van der Waals surface area contributed by atoms with Crippen LogP contribution in [0.15, 0.2) is 18.2 Å². The highest BCUT2D eigenvalue weighted by atomic mass is 16.5. The molecule has 3 aliphatic rings. The van der Waals surface area contributed by atoms with Gasteiger partial charge in [-0.3, -0.25) is 0 Å². The minimum Gasteiger partial charge on any atom is -0.487 e. The van der Waals surface area contributed by atoms with Gasteiger partial charge in [0, 0.05) is 38.4 Å². The molecule has 1 saturated heterocycles. The van der Waals surface area contributed by atoms with Crippen LogP contribution in [-0.4, -0.2) is 37.5 Å². The maximum absolute atomic E-state index is 6.39. The van der Waals surface area contributed by atoms with Crippen LogP contribution in [0.3, 0.4) is 0 Å². The highest BCUT2D eigenvalue weighted by Crippen LogP contribution is 2.42. The van der Waals surface area contributed by atoms with Crippen LogP contribution in [0.5, 0.6) is 5.75 Å². The Kier molecular flexibility index (Phi) is 3.29. The number of rotatable bonds is 2. The van der Waals surface area contributed by atoms with E-state index in [1.54, 1.807) is 0 Å². The zero-order valence-electron chi connectivity index (χ0n) is 13.4. The number of nitrogens with zero attached hydrogens (tertiary/aromatic N) is 1. The summed E-state index contributed by atoms with van der Waals surface area (Å²) in [5.41, 5.74) is 2.88. The Morgan fingerprint density at radius 2 is 2.05 bits per heavy atom. The number of hydrogen-bond acceptors (Lipinski definition) is 2. The van der Waals surface area contributed by atoms with Gasteiger partial charge in [-0.15, -0.1) is 0 Å². The molecule has 2 heterocycles. The van der Waals surface area contributed by atoms with E-state index in [1.165, 1.54) is 56.2 Å².